The normalized spacial score (nSPS) is 14.0. The van der Waals surface area contributed by atoms with Gasteiger partial charge in [0.15, 0.2) is 5.82 Å². The quantitative estimate of drug-likeness (QED) is 0.752. The Morgan fingerprint density at radius 2 is 1.56 bits per heavy atom. The third-order valence-corrected chi connectivity index (χ3v) is 4.79. The molecule has 1 aromatic heterocycles. The van der Waals surface area contributed by atoms with E-state index in [1.165, 1.54) is 19.3 Å². The molecule has 1 saturated heterocycles. The zero-order valence-corrected chi connectivity index (χ0v) is 15.1. The van der Waals surface area contributed by atoms with Crippen molar-refractivity contribution >= 4 is 17.4 Å². The molecule has 0 unspecified atom stereocenters. The number of aromatic nitrogens is 2. The molecule has 1 aliphatic rings. The van der Waals surface area contributed by atoms with Gasteiger partial charge in [-0.25, -0.2) is 4.98 Å². The smallest absolute Gasteiger partial charge is 0.255 e. The Labute approximate surface area is 159 Å². The Morgan fingerprint density at radius 1 is 0.852 bits per heavy atom. The Balaban J connectivity index is 1.55. The maximum atomic E-state index is 12.4. The van der Waals surface area contributed by atoms with Crippen LogP contribution in [-0.4, -0.2) is 29.0 Å². The van der Waals surface area contributed by atoms with E-state index in [0.717, 1.165) is 35.9 Å². The van der Waals surface area contributed by atoms with Crippen LogP contribution in [0.3, 0.4) is 0 Å². The molecule has 1 fully saturated rings. The molecule has 0 spiro atoms. The average molecular weight is 358 g/mol. The van der Waals surface area contributed by atoms with Crippen LogP contribution in [0, 0.1) is 0 Å². The third-order valence-electron chi connectivity index (χ3n) is 4.79. The first kappa shape index (κ1) is 17.2. The van der Waals surface area contributed by atoms with Crippen molar-refractivity contribution in [3.05, 3.63) is 72.6 Å². The first-order chi connectivity index (χ1) is 13.3. The van der Waals surface area contributed by atoms with Crippen LogP contribution in [0.4, 0.5) is 11.5 Å². The van der Waals surface area contributed by atoms with E-state index < -0.39 is 0 Å². The minimum Gasteiger partial charge on any atom is -0.355 e. The topological polar surface area (TPSA) is 58.1 Å². The number of carbonyl (C=O) groups excluding carboxylic acids is 1. The van der Waals surface area contributed by atoms with Crippen molar-refractivity contribution in [2.75, 3.05) is 23.3 Å². The number of rotatable bonds is 4. The molecule has 0 aliphatic carbocycles. The molecule has 3 aromatic rings. The van der Waals surface area contributed by atoms with E-state index in [1.54, 1.807) is 12.4 Å². The fourth-order valence-electron chi connectivity index (χ4n) is 3.38. The van der Waals surface area contributed by atoms with Crippen LogP contribution in [0.5, 0.6) is 0 Å². The Bertz CT molecular complexity index is 903. The van der Waals surface area contributed by atoms with Gasteiger partial charge in [-0.2, -0.15) is 0 Å². The molecular formula is C22H22N4O. The second-order valence-electron chi connectivity index (χ2n) is 6.67. The van der Waals surface area contributed by atoms with Crippen LogP contribution in [0.1, 0.15) is 29.6 Å². The van der Waals surface area contributed by atoms with Gasteiger partial charge in [0.25, 0.3) is 5.91 Å². The maximum absolute atomic E-state index is 12.4. The second-order valence-corrected chi connectivity index (χ2v) is 6.67. The number of carbonyl (C=O) groups is 1. The van der Waals surface area contributed by atoms with E-state index in [0.29, 0.717) is 5.56 Å². The van der Waals surface area contributed by atoms with Crippen molar-refractivity contribution in [3.8, 4) is 11.3 Å². The van der Waals surface area contributed by atoms with Gasteiger partial charge in [-0.05, 0) is 43.5 Å². The van der Waals surface area contributed by atoms with Crippen LogP contribution in [0.2, 0.25) is 0 Å². The van der Waals surface area contributed by atoms with Crippen LogP contribution in [0.15, 0.2) is 67.0 Å². The first-order valence-electron chi connectivity index (χ1n) is 9.34. The van der Waals surface area contributed by atoms with Gasteiger partial charge in [-0.15, -0.1) is 0 Å². The molecule has 1 N–H and O–H groups in total. The summed E-state index contributed by atoms with van der Waals surface area (Å²) in [5.41, 5.74) is 3.24. The van der Waals surface area contributed by atoms with Gasteiger partial charge in [-0.3, -0.25) is 9.78 Å². The van der Waals surface area contributed by atoms with E-state index in [2.05, 4.69) is 20.2 Å². The SMILES string of the molecule is O=C(Nc1ccccc1)c1ccc(-c2nccnc2N2CCCCC2)cc1. The largest absolute Gasteiger partial charge is 0.355 e. The molecule has 0 radical (unpaired) electrons. The summed E-state index contributed by atoms with van der Waals surface area (Å²) in [6, 6.07) is 17.0. The Morgan fingerprint density at radius 3 is 2.30 bits per heavy atom. The van der Waals surface area contributed by atoms with E-state index >= 15 is 0 Å². The summed E-state index contributed by atoms with van der Waals surface area (Å²) in [6.07, 6.45) is 7.12. The van der Waals surface area contributed by atoms with E-state index in [4.69, 9.17) is 0 Å². The summed E-state index contributed by atoms with van der Waals surface area (Å²) in [5, 5.41) is 2.91. The molecule has 0 saturated carbocycles. The number of nitrogens with one attached hydrogen (secondary N) is 1. The van der Waals surface area contributed by atoms with Gasteiger partial charge in [0.2, 0.25) is 0 Å². The predicted octanol–water partition coefficient (Wildman–Crippen LogP) is 4.39. The fourth-order valence-corrected chi connectivity index (χ4v) is 3.38. The number of para-hydroxylation sites is 1. The fraction of sp³-hybridized carbons (Fsp3) is 0.227. The lowest BCUT2D eigenvalue weighted by atomic mass is 10.1. The molecule has 136 valence electrons. The molecule has 4 rings (SSSR count). The summed E-state index contributed by atoms with van der Waals surface area (Å²) in [5.74, 6) is 0.807. The highest BCUT2D eigenvalue weighted by Crippen LogP contribution is 2.28. The molecule has 2 heterocycles. The molecular weight excluding hydrogens is 336 g/mol. The highest BCUT2D eigenvalue weighted by molar-refractivity contribution is 6.04. The van der Waals surface area contributed by atoms with Gasteiger partial charge in [0, 0.05) is 42.3 Å². The average Bonchev–Trinajstić information content (AvgIpc) is 2.75. The number of piperidine rings is 1. The number of anilines is 2. The van der Waals surface area contributed by atoms with Gasteiger partial charge in [-0.1, -0.05) is 30.3 Å². The van der Waals surface area contributed by atoms with Crippen LogP contribution >= 0.6 is 0 Å². The molecule has 0 bridgehead atoms. The Hall–Kier alpha value is -3.21. The molecule has 1 amide bonds. The van der Waals surface area contributed by atoms with E-state index in [-0.39, 0.29) is 5.91 Å². The lowest BCUT2D eigenvalue weighted by Crippen LogP contribution is -2.30. The van der Waals surface area contributed by atoms with Gasteiger partial charge >= 0.3 is 0 Å². The second kappa shape index (κ2) is 7.99. The highest BCUT2D eigenvalue weighted by Gasteiger charge is 2.18. The van der Waals surface area contributed by atoms with Crippen molar-refractivity contribution in [2.24, 2.45) is 0 Å². The number of hydrogen-bond donors (Lipinski definition) is 1. The lowest BCUT2D eigenvalue weighted by molar-refractivity contribution is 0.102. The monoisotopic (exact) mass is 358 g/mol. The third kappa shape index (κ3) is 3.97. The maximum Gasteiger partial charge on any atom is 0.255 e. The number of amides is 1. The van der Waals surface area contributed by atoms with Crippen LogP contribution in [-0.2, 0) is 0 Å². The van der Waals surface area contributed by atoms with Crippen LogP contribution < -0.4 is 10.2 Å². The minimum atomic E-state index is -0.122. The molecule has 1 aliphatic heterocycles. The summed E-state index contributed by atoms with van der Waals surface area (Å²) in [7, 11) is 0. The van der Waals surface area contributed by atoms with Gasteiger partial charge in [0.1, 0.15) is 5.69 Å². The highest BCUT2D eigenvalue weighted by atomic mass is 16.1. The molecule has 27 heavy (non-hydrogen) atoms. The summed E-state index contributed by atoms with van der Waals surface area (Å²) >= 11 is 0. The predicted molar refractivity (Wildman–Crippen MR) is 108 cm³/mol. The number of nitrogens with zero attached hydrogens (tertiary/aromatic N) is 3. The van der Waals surface area contributed by atoms with E-state index in [9.17, 15) is 4.79 Å². The zero-order valence-electron chi connectivity index (χ0n) is 15.1. The number of benzene rings is 2. The van der Waals surface area contributed by atoms with Crippen molar-refractivity contribution in [3.63, 3.8) is 0 Å². The summed E-state index contributed by atoms with van der Waals surface area (Å²) in [6.45, 7) is 2.03. The van der Waals surface area contributed by atoms with E-state index in [1.807, 2.05) is 54.6 Å². The molecule has 2 aromatic carbocycles. The van der Waals surface area contributed by atoms with Crippen molar-refractivity contribution in [1.82, 2.24) is 9.97 Å². The number of hydrogen-bond acceptors (Lipinski definition) is 4. The minimum absolute atomic E-state index is 0.122. The summed E-state index contributed by atoms with van der Waals surface area (Å²) in [4.78, 5) is 23.9. The first-order valence-corrected chi connectivity index (χ1v) is 9.34. The molecule has 0 atom stereocenters. The van der Waals surface area contributed by atoms with Gasteiger partial charge in [0.05, 0.1) is 0 Å². The zero-order chi connectivity index (χ0) is 18.5. The lowest BCUT2D eigenvalue weighted by Gasteiger charge is -2.28. The summed E-state index contributed by atoms with van der Waals surface area (Å²) < 4.78 is 0. The van der Waals surface area contributed by atoms with Crippen LogP contribution in [0.25, 0.3) is 11.3 Å². The van der Waals surface area contributed by atoms with Crippen molar-refractivity contribution < 1.29 is 4.79 Å². The van der Waals surface area contributed by atoms with Crippen molar-refractivity contribution in [1.29, 1.82) is 0 Å². The Kier molecular flexibility index (Phi) is 5.10. The van der Waals surface area contributed by atoms with Crippen molar-refractivity contribution in [2.45, 2.75) is 19.3 Å². The standard InChI is InChI=1S/C22H22N4O/c27-22(25-19-7-3-1-4-8-19)18-11-9-17(10-12-18)20-21(24-14-13-23-20)26-15-5-2-6-16-26/h1,3-4,7-14H,2,5-6,15-16H2,(H,25,27). The molecule has 5 nitrogen and oxygen atoms in total. The molecule has 5 heteroatoms. The van der Waals surface area contributed by atoms with Gasteiger partial charge < -0.3 is 10.2 Å².